The summed E-state index contributed by atoms with van der Waals surface area (Å²) in [7, 11) is 1.66. The fourth-order valence-electron chi connectivity index (χ4n) is 3.90. The standard InChI is InChI=1S/C12H16N2OS.C9H16FN/c1-15-11-3-4-12(13-9-11)10-5-7-14(16-2)8-6-10;1-9(2,10)6-11-4-7-3-8(7)5-11/h3-5,9H,6-8H2,1-2H3;7-8H,3-6H2,1-2H3. The van der Waals surface area contributed by atoms with E-state index < -0.39 is 5.67 Å². The lowest BCUT2D eigenvalue weighted by atomic mass is 10.1. The molecule has 6 heteroatoms. The van der Waals surface area contributed by atoms with Crippen molar-refractivity contribution in [2.75, 3.05) is 46.1 Å². The summed E-state index contributed by atoms with van der Waals surface area (Å²) in [5.41, 5.74) is 1.41. The molecule has 2 aliphatic heterocycles. The Balaban J connectivity index is 0.000000166. The molecule has 1 aromatic heterocycles. The van der Waals surface area contributed by atoms with E-state index in [1.807, 2.05) is 12.1 Å². The average Bonchev–Trinajstić information content (AvgIpc) is 3.27. The number of pyridine rings is 1. The van der Waals surface area contributed by atoms with Gasteiger partial charge in [0.15, 0.2) is 0 Å². The quantitative estimate of drug-likeness (QED) is 0.701. The van der Waals surface area contributed by atoms with E-state index >= 15 is 0 Å². The number of hydrogen-bond donors (Lipinski definition) is 0. The number of aromatic nitrogens is 1. The molecule has 27 heavy (non-hydrogen) atoms. The van der Waals surface area contributed by atoms with Gasteiger partial charge < -0.3 is 4.74 Å². The van der Waals surface area contributed by atoms with Crippen molar-refractivity contribution in [1.29, 1.82) is 0 Å². The molecule has 2 unspecified atom stereocenters. The summed E-state index contributed by atoms with van der Waals surface area (Å²) in [6, 6.07) is 3.99. The molecule has 0 radical (unpaired) electrons. The molecule has 0 amide bonds. The molecule has 0 spiro atoms. The fraction of sp³-hybridized carbons (Fsp3) is 0.667. The molecule has 4 rings (SSSR count). The van der Waals surface area contributed by atoms with Crippen LogP contribution in [0.25, 0.3) is 5.57 Å². The number of alkyl halides is 1. The van der Waals surface area contributed by atoms with Gasteiger partial charge in [-0.05, 0) is 62.5 Å². The first kappa shape index (κ1) is 20.6. The lowest BCUT2D eigenvalue weighted by Gasteiger charge is -2.23. The number of likely N-dealkylation sites (tertiary alicyclic amines) is 1. The minimum Gasteiger partial charge on any atom is -0.495 e. The molecular formula is C21H32FN3OS. The summed E-state index contributed by atoms with van der Waals surface area (Å²) in [6.07, 6.45) is 8.62. The van der Waals surface area contributed by atoms with Crippen LogP contribution in [0, 0.1) is 11.8 Å². The Bertz CT molecular complexity index is 634. The van der Waals surface area contributed by atoms with E-state index in [2.05, 4.69) is 26.5 Å². The number of hydrogen-bond acceptors (Lipinski definition) is 5. The van der Waals surface area contributed by atoms with Crippen LogP contribution < -0.4 is 4.74 Å². The first-order chi connectivity index (χ1) is 12.9. The van der Waals surface area contributed by atoms with Crippen LogP contribution in [0.5, 0.6) is 5.75 Å². The van der Waals surface area contributed by atoms with Crippen molar-refractivity contribution in [3.05, 3.63) is 30.1 Å². The van der Waals surface area contributed by atoms with Crippen LogP contribution in [-0.2, 0) is 0 Å². The van der Waals surface area contributed by atoms with Crippen molar-refractivity contribution in [2.24, 2.45) is 11.8 Å². The second-order valence-electron chi connectivity index (χ2n) is 8.30. The van der Waals surface area contributed by atoms with E-state index in [1.165, 1.54) is 12.0 Å². The number of halogens is 1. The van der Waals surface area contributed by atoms with Gasteiger partial charge in [0, 0.05) is 32.7 Å². The summed E-state index contributed by atoms with van der Waals surface area (Å²) < 4.78 is 20.6. The van der Waals surface area contributed by atoms with Crippen molar-refractivity contribution in [2.45, 2.75) is 32.4 Å². The van der Waals surface area contributed by atoms with E-state index in [0.29, 0.717) is 6.54 Å². The van der Waals surface area contributed by atoms with Crippen LogP contribution in [0.3, 0.4) is 0 Å². The maximum atomic E-state index is 13.1. The Kier molecular flexibility index (Phi) is 6.82. The van der Waals surface area contributed by atoms with E-state index in [-0.39, 0.29) is 0 Å². The van der Waals surface area contributed by atoms with Crippen LogP contribution in [0.15, 0.2) is 24.4 Å². The normalized spacial score (nSPS) is 25.3. The number of piperidine rings is 1. The summed E-state index contributed by atoms with van der Waals surface area (Å²) in [6.45, 7) is 8.36. The fourth-order valence-corrected chi connectivity index (χ4v) is 4.39. The monoisotopic (exact) mass is 393 g/mol. The Hall–Kier alpha value is -1.11. The predicted molar refractivity (Wildman–Crippen MR) is 112 cm³/mol. The first-order valence-corrected chi connectivity index (χ1v) is 11.0. The van der Waals surface area contributed by atoms with Gasteiger partial charge in [0.1, 0.15) is 11.4 Å². The van der Waals surface area contributed by atoms with E-state index in [9.17, 15) is 4.39 Å². The molecule has 1 aliphatic carbocycles. The van der Waals surface area contributed by atoms with Crippen molar-refractivity contribution in [3.8, 4) is 5.75 Å². The Morgan fingerprint density at radius 3 is 2.52 bits per heavy atom. The Morgan fingerprint density at radius 1 is 1.30 bits per heavy atom. The predicted octanol–water partition coefficient (Wildman–Crippen LogP) is 4.14. The molecule has 0 aromatic carbocycles. The summed E-state index contributed by atoms with van der Waals surface area (Å²) >= 11 is 1.80. The van der Waals surface area contributed by atoms with Crippen molar-refractivity contribution in [1.82, 2.24) is 14.2 Å². The van der Waals surface area contributed by atoms with E-state index in [0.717, 1.165) is 55.9 Å². The smallest absolute Gasteiger partial charge is 0.137 e. The third kappa shape index (κ3) is 6.19. The highest BCUT2D eigenvalue weighted by molar-refractivity contribution is 7.96. The molecule has 1 saturated heterocycles. The van der Waals surface area contributed by atoms with E-state index in [4.69, 9.17) is 4.74 Å². The minimum absolute atomic E-state index is 0.625. The second-order valence-corrected chi connectivity index (χ2v) is 9.18. The Labute approximate surface area is 167 Å². The number of nitrogens with zero attached hydrogens (tertiary/aromatic N) is 3. The highest BCUT2D eigenvalue weighted by atomic mass is 32.2. The largest absolute Gasteiger partial charge is 0.495 e. The molecule has 4 nitrogen and oxygen atoms in total. The van der Waals surface area contributed by atoms with Crippen molar-refractivity contribution < 1.29 is 9.13 Å². The van der Waals surface area contributed by atoms with Gasteiger partial charge in [0.25, 0.3) is 0 Å². The van der Waals surface area contributed by atoms with Gasteiger partial charge in [-0.15, -0.1) is 0 Å². The lowest BCUT2D eigenvalue weighted by Crippen LogP contribution is -2.35. The zero-order valence-corrected chi connectivity index (χ0v) is 17.8. The molecule has 3 heterocycles. The molecule has 0 bridgehead atoms. The van der Waals surface area contributed by atoms with Crippen LogP contribution in [-0.4, -0.2) is 65.9 Å². The van der Waals surface area contributed by atoms with Gasteiger partial charge in [-0.25, -0.2) is 8.70 Å². The number of fused-ring (bicyclic) bond motifs is 1. The molecule has 3 aliphatic rings. The van der Waals surface area contributed by atoms with Gasteiger partial charge in [-0.2, -0.15) is 0 Å². The molecule has 0 N–H and O–H groups in total. The van der Waals surface area contributed by atoms with Crippen molar-refractivity contribution >= 4 is 17.5 Å². The lowest BCUT2D eigenvalue weighted by molar-refractivity contribution is 0.134. The topological polar surface area (TPSA) is 28.6 Å². The number of ether oxygens (including phenoxy) is 1. The molecule has 150 valence electrons. The van der Waals surface area contributed by atoms with Crippen LogP contribution in [0.2, 0.25) is 0 Å². The third-order valence-electron chi connectivity index (χ3n) is 5.39. The SMILES string of the molecule is CC(C)(F)CN1CC2CC2C1.COc1ccc(C2=CCN(SC)CC2)nc1. The molecular weight excluding hydrogens is 361 g/mol. The van der Waals surface area contributed by atoms with Crippen molar-refractivity contribution in [3.63, 3.8) is 0 Å². The first-order valence-electron chi connectivity index (χ1n) is 9.77. The highest BCUT2D eigenvalue weighted by Crippen LogP contribution is 2.45. The summed E-state index contributed by atoms with van der Waals surface area (Å²) in [4.78, 5) is 6.67. The maximum absolute atomic E-state index is 13.1. The van der Waals surface area contributed by atoms with E-state index in [1.54, 1.807) is 39.1 Å². The molecule has 1 aromatic rings. The minimum atomic E-state index is -1.00. The molecule has 1 saturated carbocycles. The second kappa shape index (κ2) is 8.93. The zero-order chi connectivity index (χ0) is 19.4. The molecule has 2 fully saturated rings. The third-order valence-corrected chi connectivity index (χ3v) is 6.23. The highest BCUT2D eigenvalue weighted by Gasteiger charge is 2.45. The van der Waals surface area contributed by atoms with Crippen LogP contribution in [0.1, 0.15) is 32.4 Å². The Morgan fingerprint density at radius 2 is 2.04 bits per heavy atom. The van der Waals surface area contributed by atoms with Crippen LogP contribution in [0.4, 0.5) is 4.39 Å². The van der Waals surface area contributed by atoms with Gasteiger partial charge in [-0.1, -0.05) is 18.0 Å². The summed E-state index contributed by atoms with van der Waals surface area (Å²) in [5, 5.41) is 0. The zero-order valence-electron chi connectivity index (χ0n) is 16.9. The van der Waals surface area contributed by atoms with Gasteiger partial charge >= 0.3 is 0 Å². The number of rotatable bonds is 5. The average molecular weight is 394 g/mol. The molecule has 2 atom stereocenters. The van der Waals surface area contributed by atoms with Gasteiger partial charge in [-0.3, -0.25) is 9.88 Å². The van der Waals surface area contributed by atoms with Crippen LogP contribution >= 0.6 is 11.9 Å². The number of methoxy groups -OCH3 is 1. The van der Waals surface area contributed by atoms with Gasteiger partial charge in [0.2, 0.25) is 0 Å². The maximum Gasteiger partial charge on any atom is 0.137 e. The summed E-state index contributed by atoms with van der Waals surface area (Å²) in [5.74, 6) is 2.67. The van der Waals surface area contributed by atoms with Gasteiger partial charge in [0.05, 0.1) is 19.0 Å².